The minimum Gasteiger partial charge on any atom is -0.464 e. The minimum absolute atomic E-state index is 0.225. The second-order valence-corrected chi connectivity index (χ2v) is 4.43. The first-order valence-electron chi connectivity index (χ1n) is 5.69. The van der Waals surface area contributed by atoms with Crippen molar-refractivity contribution in [2.75, 3.05) is 19.6 Å². The summed E-state index contributed by atoms with van der Waals surface area (Å²) in [7, 11) is 0. The number of piperazine rings is 1. The molecule has 1 heterocycles. The molecule has 1 aliphatic carbocycles. The molecule has 2 rings (SSSR count). The van der Waals surface area contributed by atoms with Crippen molar-refractivity contribution in [1.82, 2.24) is 15.3 Å². The topological polar surface area (TPSA) is 55.8 Å². The van der Waals surface area contributed by atoms with Crippen molar-refractivity contribution < 1.29 is 9.90 Å². The molecular weight excluding hydrogens is 194 g/mol. The molecular formula is C10H19N3O2. The fraction of sp³-hybridized carbons (Fsp3) is 0.900. The molecule has 2 N–H and O–H groups in total. The van der Waals surface area contributed by atoms with Gasteiger partial charge in [0.25, 0.3) is 0 Å². The van der Waals surface area contributed by atoms with E-state index < -0.39 is 6.09 Å². The monoisotopic (exact) mass is 213 g/mol. The Morgan fingerprint density at radius 3 is 2.73 bits per heavy atom. The maximum Gasteiger partial charge on any atom is 0.422 e. The highest BCUT2D eigenvalue weighted by atomic mass is 16.4. The SMILES string of the molecule is CC1CNCCN1N(C(=O)O)C1CCC1. The maximum absolute atomic E-state index is 11.2. The van der Waals surface area contributed by atoms with Gasteiger partial charge in [-0.1, -0.05) is 0 Å². The number of hydrogen-bond donors (Lipinski definition) is 2. The van der Waals surface area contributed by atoms with Crippen LogP contribution in [0, 0.1) is 0 Å². The lowest BCUT2D eigenvalue weighted by Gasteiger charge is -2.46. The molecule has 1 saturated carbocycles. The summed E-state index contributed by atoms with van der Waals surface area (Å²) < 4.78 is 0. The summed E-state index contributed by atoms with van der Waals surface area (Å²) >= 11 is 0. The van der Waals surface area contributed by atoms with Crippen LogP contribution in [0.15, 0.2) is 0 Å². The maximum atomic E-state index is 11.2. The van der Waals surface area contributed by atoms with Crippen molar-refractivity contribution in [3.05, 3.63) is 0 Å². The van der Waals surface area contributed by atoms with E-state index in [1.54, 1.807) is 5.01 Å². The van der Waals surface area contributed by atoms with Crippen molar-refractivity contribution >= 4 is 6.09 Å². The summed E-state index contributed by atoms with van der Waals surface area (Å²) in [5, 5.41) is 16.1. The number of hydrogen-bond acceptors (Lipinski definition) is 3. The van der Waals surface area contributed by atoms with Gasteiger partial charge in [-0.15, -0.1) is 0 Å². The van der Waals surface area contributed by atoms with E-state index >= 15 is 0 Å². The zero-order chi connectivity index (χ0) is 10.8. The van der Waals surface area contributed by atoms with Crippen LogP contribution in [-0.4, -0.2) is 52.9 Å². The van der Waals surface area contributed by atoms with E-state index in [0.29, 0.717) is 0 Å². The number of hydrazine groups is 1. The molecule has 5 heteroatoms. The molecule has 0 aromatic rings. The Bertz CT molecular complexity index is 243. The highest BCUT2D eigenvalue weighted by Gasteiger charge is 2.36. The predicted molar refractivity (Wildman–Crippen MR) is 56.5 cm³/mol. The van der Waals surface area contributed by atoms with Gasteiger partial charge in [0.1, 0.15) is 0 Å². The van der Waals surface area contributed by atoms with Crippen LogP contribution in [0.2, 0.25) is 0 Å². The first-order chi connectivity index (χ1) is 7.20. The zero-order valence-electron chi connectivity index (χ0n) is 9.15. The Balaban J connectivity index is 2.04. The fourth-order valence-electron chi connectivity index (χ4n) is 2.26. The molecule has 86 valence electrons. The van der Waals surface area contributed by atoms with E-state index in [0.717, 1.165) is 38.9 Å². The standard InChI is InChI=1S/C10H19N3O2/c1-8-7-11-5-6-12(8)13(10(14)15)9-3-2-4-9/h8-9,11H,2-7H2,1H3,(H,14,15). The first-order valence-corrected chi connectivity index (χ1v) is 5.69. The molecule has 0 radical (unpaired) electrons. The Kier molecular flexibility index (Phi) is 3.11. The third-order valence-corrected chi connectivity index (χ3v) is 3.36. The smallest absolute Gasteiger partial charge is 0.422 e. The average Bonchev–Trinajstić information content (AvgIpc) is 2.12. The van der Waals surface area contributed by atoms with Gasteiger partial charge in [-0.05, 0) is 26.2 Å². The molecule has 0 aromatic carbocycles. The van der Waals surface area contributed by atoms with Crippen molar-refractivity contribution in [3.63, 3.8) is 0 Å². The van der Waals surface area contributed by atoms with Crippen molar-refractivity contribution in [2.45, 2.75) is 38.3 Å². The van der Waals surface area contributed by atoms with Crippen LogP contribution in [0.25, 0.3) is 0 Å². The molecule has 1 unspecified atom stereocenters. The molecule has 5 nitrogen and oxygen atoms in total. The van der Waals surface area contributed by atoms with Gasteiger partial charge in [-0.3, -0.25) is 0 Å². The van der Waals surface area contributed by atoms with Crippen LogP contribution in [0.4, 0.5) is 4.79 Å². The summed E-state index contributed by atoms with van der Waals surface area (Å²) in [6.07, 6.45) is 2.40. The summed E-state index contributed by atoms with van der Waals surface area (Å²) in [5.74, 6) is 0. The first kappa shape index (κ1) is 10.7. The van der Waals surface area contributed by atoms with Gasteiger partial charge in [-0.2, -0.15) is 0 Å². The summed E-state index contributed by atoms with van der Waals surface area (Å²) in [6.45, 7) is 4.61. The highest BCUT2D eigenvalue weighted by Crippen LogP contribution is 2.27. The lowest BCUT2D eigenvalue weighted by atomic mass is 9.92. The normalized spacial score (nSPS) is 28.5. The Morgan fingerprint density at radius 2 is 2.27 bits per heavy atom. The van der Waals surface area contributed by atoms with Gasteiger partial charge in [0.15, 0.2) is 0 Å². The van der Waals surface area contributed by atoms with Gasteiger partial charge in [0.2, 0.25) is 0 Å². The largest absolute Gasteiger partial charge is 0.464 e. The molecule has 2 aliphatic rings. The summed E-state index contributed by atoms with van der Waals surface area (Å²) in [4.78, 5) is 11.2. The molecule has 0 aromatic heterocycles. The van der Waals surface area contributed by atoms with E-state index in [2.05, 4.69) is 12.2 Å². The van der Waals surface area contributed by atoms with Crippen LogP contribution in [0.3, 0.4) is 0 Å². The summed E-state index contributed by atoms with van der Waals surface area (Å²) in [5.41, 5.74) is 0. The van der Waals surface area contributed by atoms with E-state index in [1.165, 1.54) is 0 Å². The Labute approximate surface area is 90.0 Å². The van der Waals surface area contributed by atoms with Gasteiger partial charge in [0.05, 0.1) is 6.04 Å². The van der Waals surface area contributed by atoms with Crippen LogP contribution >= 0.6 is 0 Å². The Morgan fingerprint density at radius 1 is 1.53 bits per heavy atom. The highest BCUT2D eigenvalue weighted by molar-refractivity contribution is 5.65. The lowest BCUT2D eigenvalue weighted by Crippen LogP contribution is -2.62. The minimum atomic E-state index is -0.798. The van der Waals surface area contributed by atoms with Crippen LogP contribution in [0.5, 0.6) is 0 Å². The number of rotatable bonds is 2. The van der Waals surface area contributed by atoms with Crippen LogP contribution in [0.1, 0.15) is 26.2 Å². The number of nitrogens with zero attached hydrogens (tertiary/aromatic N) is 2. The Hall–Kier alpha value is -0.810. The number of carbonyl (C=O) groups is 1. The van der Waals surface area contributed by atoms with Gasteiger partial charge >= 0.3 is 6.09 Å². The van der Waals surface area contributed by atoms with Gasteiger partial charge < -0.3 is 10.4 Å². The summed E-state index contributed by atoms with van der Waals surface area (Å²) in [6, 6.07) is 0.499. The molecule has 1 aliphatic heterocycles. The molecule has 1 amide bonds. The molecule has 15 heavy (non-hydrogen) atoms. The molecule has 2 fully saturated rings. The average molecular weight is 213 g/mol. The number of amides is 1. The molecule has 1 saturated heterocycles. The zero-order valence-corrected chi connectivity index (χ0v) is 9.15. The second-order valence-electron chi connectivity index (χ2n) is 4.43. The van der Waals surface area contributed by atoms with E-state index in [-0.39, 0.29) is 12.1 Å². The molecule has 0 bridgehead atoms. The van der Waals surface area contributed by atoms with E-state index in [1.807, 2.05) is 5.01 Å². The van der Waals surface area contributed by atoms with E-state index in [9.17, 15) is 9.90 Å². The number of carboxylic acid groups (broad SMARTS) is 1. The van der Waals surface area contributed by atoms with Crippen LogP contribution in [-0.2, 0) is 0 Å². The van der Waals surface area contributed by atoms with Crippen LogP contribution < -0.4 is 5.32 Å². The quantitative estimate of drug-likeness (QED) is 0.710. The van der Waals surface area contributed by atoms with Crippen molar-refractivity contribution in [1.29, 1.82) is 0 Å². The van der Waals surface area contributed by atoms with Gasteiger partial charge in [-0.25, -0.2) is 14.8 Å². The molecule has 0 spiro atoms. The number of nitrogens with one attached hydrogen (secondary N) is 1. The van der Waals surface area contributed by atoms with Crippen molar-refractivity contribution in [3.8, 4) is 0 Å². The predicted octanol–water partition coefficient (Wildman–Crippen LogP) is 0.728. The third-order valence-electron chi connectivity index (χ3n) is 3.36. The van der Waals surface area contributed by atoms with Gasteiger partial charge in [0, 0.05) is 25.7 Å². The van der Waals surface area contributed by atoms with Crippen molar-refractivity contribution in [2.24, 2.45) is 0 Å². The lowest BCUT2D eigenvalue weighted by molar-refractivity contribution is -0.0908. The molecule has 1 atom stereocenters. The fourth-order valence-corrected chi connectivity index (χ4v) is 2.26. The third kappa shape index (κ3) is 2.08. The van der Waals surface area contributed by atoms with E-state index in [4.69, 9.17) is 0 Å². The second kappa shape index (κ2) is 4.37.